The van der Waals surface area contributed by atoms with Gasteiger partial charge in [0.1, 0.15) is 0 Å². The SMILES string of the molecule is C[C@@H](Sc1nc2ccc(N3C(=O)[C@@H]4[C@H](C3=O)[C@H]3C=C[C@H]4C3)cc2s1)C(=O)Nc1nccs1. The second-order valence-corrected chi connectivity index (χ2v) is 11.7. The number of rotatable bonds is 5. The van der Waals surface area contributed by atoms with Crippen LogP contribution >= 0.6 is 34.4 Å². The van der Waals surface area contributed by atoms with Gasteiger partial charge in [-0.25, -0.2) is 14.9 Å². The van der Waals surface area contributed by atoms with Crippen molar-refractivity contribution in [3.05, 3.63) is 41.9 Å². The third-order valence-electron chi connectivity index (χ3n) is 6.39. The van der Waals surface area contributed by atoms with Crippen LogP contribution in [0.2, 0.25) is 0 Å². The summed E-state index contributed by atoms with van der Waals surface area (Å²) < 4.78 is 1.65. The average Bonchev–Trinajstić information content (AvgIpc) is 3.57. The molecule has 1 N–H and O–H groups in total. The third kappa shape index (κ3) is 3.12. The molecule has 2 bridgehead atoms. The standard InChI is InChI=1S/C22H18N4O3S3/c1-10(18(27)25-21-23-6-7-30-21)31-22-24-14-5-4-13(9-15(14)32-22)26-19(28)16-11-2-3-12(8-11)17(16)20(26)29/h2-7,9-12,16-17H,8H2,1H3,(H,23,25,27)/t10-,11+,12+,16-,17+/m1/s1. The average molecular weight is 483 g/mol. The Kier molecular flexibility index (Phi) is 4.70. The van der Waals surface area contributed by atoms with Crippen LogP contribution in [-0.2, 0) is 14.4 Å². The maximum Gasteiger partial charge on any atom is 0.239 e. The number of anilines is 2. The molecule has 2 fully saturated rings. The van der Waals surface area contributed by atoms with Crippen molar-refractivity contribution in [3.8, 4) is 0 Å². The molecule has 1 saturated heterocycles. The van der Waals surface area contributed by atoms with Gasteiger partial charge in [-0.3, -0.25) is 14.4 Å². The number of nitrogens with one attached hydrogen (secondary N) is 1. The monoisotopic (exact) mass is 482 g/mol. The van der Waals surface area contributed by atoms with Crippen molar-refractivity contribution < 1.29 is 14.4 Å². The maximum atomic E-state index is 13.1. The van der Waals surface area contributed by atoms with Crippen LogP contribution in [0.25, 0.3) is 10.2 Å². The number of carbonyl (C=O) groups excluding carboxylic acids is 3. The van der Waals surface area contributed by atoms with E-state index in [4.69, 9.17) is 0 Å². The van der Waals surface area contributed by atoms with E-state index >= 15 is 0 Å². The minimum absolute atomic E-state index is 0.0807. The van der Waals surface area contributed by atoms with Gasteiger partial charge in [0.15, 0.2) is 9.47 Å². The van der Waals surface area contributed by atoms with E-state index in [0.29, 0.717) is 10.8 Å². The fourth-order valence-electron chi connectivity index (χ4n) is 4.94. The highest BCUT2D eigenvalue weighted by molar-refractivity contribution is 8.02. The molecule has 1 aromatic carbocycles. The number of hydrogen-bond donors (Lipinski definition) is 1. The summed E-state index contributed by atoms with van der Waals surface area (Å²) >= 11 is 4.21. The number of thioether (sulfide) groups is 1. The quantitative estimate of drug-likeness (QED) is 0.333. The summed E-state index contributed by atoms with van der Waals surface area (Å²) in [5.74, 6) is -0.327. The van der Waals surface area contributed by atoms with E-state index in [1.54, 1.807) is 12.3 Å². The van der Waals surface area contributed by atoms with Crippen LogP contribution in [0.5, 0.6) is 0 Å². The summed E-state index contributed by atoms with van der Waals surface area (Å²) in [5, 5.41) is 4.84. The molecule has 3 aliphatic rings. The van der Waals surface area contributed by atoms with Crippen LogP contribution in [0.3, 0.4) is 0 Å². The van der Waals surface area contributed by atoms with Gasteiger partial charge in [0.2, 0.25) is 17.7 Å². The lowest BCUT2D eigenvalue weighted by atomic mass is 9.85. The molecule has 1 aliphatic heterocycles. The van der Waals surface area contributed by atoms with Gasteiger partial charge in [0.05, 0.1) is 33.0 Å². The van der Waals surface area contributed by atoms with E-state index in [1.165, 1.54) is 39.3 Å². The molecule has 0 unspecified atom stereocenters. The third-order valence-corrected chi connectivity index (χ3v) is 9.29. The Morgan fingerprint density at radius 2 is 1.97 bits per heavy atom. The number of fused-ring (bicyclic) bond motifs is 6. The summed E-state index contributed by atoms with van der Waals surface area (Å²) in [6, 6.07) is 5.50. The van der Waals surface area contributed by atoms with Crippen molar-refractivity contribution in [1.29, 1.82) is 0 Å². The fourth-order valence-corrected chi connectivity index (χ4v) is 7.71. The zero-order valence-electron chi connectivity index (χ0n) is 16.9. The molecule has 162 valence electrons. The number of thiazole rings is 2. The lowest BCUT2D eigenvalue weighted by Gasteiger charge is -2.17. The molecular weight excluding hydrogens is 464 g/mol. The van der Waals surface area contributed by atoms with Crippen molar-refractivity contribution in [3.63, 3.8) is 0 Å². The van der Waals surface area contributed by atoms with Crippen molar-refractivity contribution in [1.82, 2.24) is 9.97 Å². The predicted molar refractivity (Wildman–Crippen MR) is 126 cm³/mol. The summed E-state index contributed by atoms with van der Waals surface area (Å²) in [5.41, 5.74) is 1.39. The Morgan fingerprint density at radius 1 is 1.22 bits per heavy atom. The van der Waals surface area contributed by atoms with Crippen LogP contribution < -0.4 is 10.2 Å². The van der Waals surface area contributed by atoms with Crippen molar-refractivity contribution in [2.45, 2.75) is 22.9 Å². The first-order valence-electron chi connectivity index (χ1n) is 10.3. The Morgan fingerprint density at radius 3 is 2.66 bits per heavy atom. The molecular formula is C22H18N4O3S3. The van der Waals surface area contributed by atoms with Crippen LogP contribution in [0.15, 0.2) is 46.3 Å². The van der Waals surface area contributed by atoms with Gasteiger partial charge in [-0.15, -0.1) is 22.7 Å². The summed E-state index contributed by atoms with van der Waals surface area (Å²) in [7, 11) is 0. The molecule has 3 heterocycles. The van der Waals surface area contributed by atoms with Gasteiger partial charge in [-0.2, -0.15) is 0 Å². The van der Waals surface area contributed by atoms with Gasteiger partial charge in [-0.05, 0) is 43.4 Å². The number of imide groups is 1. The first-order valence-corrected chi connectivity index (χ1v) is 12.9. The summed E-state index contributed by atoms with van der Waals surface area (Å²) in [6.07, 6.45) is 6.77. The first-order chi connectivity index (χ1) is 15.5. The molecule has 2 aromatic heterocycles. The molecule has 3 amide bonds. The number of nitrogens with zero attached hydrogens (tertiary/aromatic N) is 3. The van der Waals surface area contributed by atoms with Gasteiger partial charge >= 0.3 is 0 Å². The number of aromatic nitrogens is 2. The highest BCUT2D eigenvalue weighted by Crippen LogP contribution is 2.53. The normalized spacial score (nSPS) is 26.8. The van der Waals surface area contributed by atoms with E-state index in [1.807, 2.05) is 24.4 Å². The zero-order chi connectivity index (χ0) is 22.0. The second-order valence-electron chi connectivity index (χ2n) is 8.23. The van der Waals surface area contributed by atoms with E-state index in [2.05, 4.69) is 27.4 Å². The van der Waals surface area contributed by atoms with Gasteiger partial charge in [0, 0.05) is 11.6 Å². The van der Waals surface area contributed by atoms with Crippen LogP contribution in [0, 0.1) is 23.7 Å². The van der Waals surface area contributed by atoms with Gasteiger partial charge in [-0.1, -0.05) is 23.9 Å². The van der Waals surface area contributed by atoms with Gasteiger partial charge in [0.25, 0.3) is 0 Å². The molecule has 32 heavy (non-hydrogen) atoms. The number of benzene rings is 1. The highest BCUT2D eigenvalue weighted by atomic mass is 32.2. The molecule has 2 aliphatic carbocycles. The Labute approximate surface area is 195 Å². The Hall–Kier alpha value is -2.56. The van der Waals surface area contributed by atoms with E-state index in [9.17, 15) is 14.4 Å². The Bertz CT molecular complexity index is 1250. The van der Waals surface area contributed by atoms with Gasteiger partial charge < -0.3 is 5.32 Å². The largest absolute Gasteiger partial charge is 0.301 e. The minimum atomic E-state index is -0.344. The highest BCUT2D eigenvalue weighted by Gasteiger charge is 2.59. The lowest BCUT2D eigenvalue weighted by Crippen LogP contribution is -2.32. The molecule has 7 nitrogen and oxygen atoms in total. The van der Waals surface area contributed by atoms with Crippen molar-refractivity contribution in [2.24, 2.45) is 23.7 Å². The van der Waals surface area contributed by atoms with Crippen LogP contribution in [0.1, 0.15) is 13.3 Å². The van der Waals surface area contributed by atoms with E-state index in [0.717, 1.165) is 21.0 Å². The number of hydrogen-bond acceptors (Lipinski definition) is 8. The van der Waals surface area contributed by atoms with Crippen molar-refractivity contribution in [2.75, 3.05) is 10.2 Å². The van der Waals surface area contributed by atoms with Crippen LogP contribution in [0.4, 0.5) is 10.8 Å². The molecule has 6 rings (SSSR count). The van der Waals surface area contributed by atoms with E-state index < -0.39 is 0 Å². The molecule has 3 aromatic rings. The smallest absolute Gasteiger partial charge is 0.239 e. The summed E-state index contributed by atoms with van der Waals surface area (Å²) in [4.78, 5) is 48.6. The first kappa shape index (κ1) is 20.1. The number of carbonyl (C=O) groups is 3. The lowest BCUT2D eigenvalue weighted by molar-refractivity contribution is -0.123. The summed E-state index contributed by atoms with van der Waals surface area (Å²) in [6.45, 7) is 1.83. The predicted octanol–water partition coefficient (Wildman–Crippen LogP) is 4.18. The maximum absolute atomic E-state index is 13.1. The minimum Gasteiger partial charge on any atom is -0.301 e. The van der Waals surface area contributed by atoms with E-state index in [-0.39, 0.29) is 46.6 Å². The topological polar surface area (TPSA) is 92.3 Å². The molecule has 10 heteroatoms. The Balaban J connectivity index is 1.21. The molecule has 0 radical (unpaired) electrons. The molecule has 1 saturated carbocycles. The fraction of sp³-hybridized carbons (Fsp3) is 0.318. The molecule has 0 spiro atoms. The number of amides is 3. The van der Waals surface area contributed by atoms with Crippen LogP contribution in [-0.4, -0.2) is 32.9 Å². The molecule has 5 atom stereocenters. The zero-order valence-corrected chi connectivity index (χ0v) is 19.4. The number of allylic oxidation sites excluding steroid dienone is 2. The second kappa shape index (κ2) is 7.50. The van der Waals surface area contributed by atoms with Crippen molar-refractivity contribution >= 4 is 73.2 Å².